The molecule has 0 atom stereocenters. The molecule has 0 aliphatic heterocycles. The molecule has 0 spiro atoms. The van der Waals surface area contributed by atoms with Crippen molar-refractivity contribution in [2.75, 3.05) is 25.6 Å². The van der Waals surface area contributed by atoms with Crippen LogP contribution in [0.4, 0.5) is 10.3 Å². The third kappa shape index (κ3) is 3.33. The lowest BCUT2D eigenvalue weighted by Gasteiger charge is -2.10. The number of nitrogens with zero attached hydrogens (tertiary/aromatic N) is 2. The number of methoxy groups -OCH3 is 1. The number of anilines is 1. The van der Waals surface area contributed by atoms with E-state index in [-0.39, 0.29) is 5.82 Å². The van der Waals surface area contributed by atoms with E-state index in [4.69, 9.17) is 4.74 Å². The van der Waals surface area contributed by atoms with Crippen LogP contribution in [0.2, 0.25) is 0 Å². The van der Waals surface area contributed by atoms with E-state index in [1.807, 2.05) is 23.8 Å². The molecular weight excluding hydrogens is 313 g/mol. The Morgan fingerprint density at radius 1 is 1.47 bits per heavy atom. The fourth-order valence-corrected chi connectivity index (χ4v) is 1.97. The summed E-state index contributed by atoms with van der Waals surface area (Å²) in [4.78, 5) is 4.37. The van der Waals surface area contributed by atoms with Crippen molar-refractivity contribution in [2.24, 2.45) is 0 Å². The number of benzene rings is 1. The van der Waals surface area contributed by atoms with Gasteiger partial charge >= 0.3 is 0 Å². The molecule has 0 saturated heterocycles. The monoisotopic (exact) mass is 327 g/mol. The first-order valence-electron chi connectivity index (χ1n) is 5.86. The molecule has 1 aromatic heterocycles. The van der Waals surface area contributed by atoms with Crippen molar-refractivity contribution >= 4 is 21.9 Å². The summed E-state index contributed by atoms with van der Waals surface area (Å²) in [6.07, 6.45) is 1.86. The van der Waals surface area contributed by atoms with E-state index < -0.39 is 0 Å². The number of hydrogen-bond donors (Lipinski definition) is 1. The maximum atomic E-state index is 13.6. The van der Waals surface area contributed by atoms with Crippen LogP contribution in [0.15, 0.2) is 28.9 Å². The molecule has 0 fully saturated rings. The molecule has 0 aliphatic carbocycles. The van der Waals surface area contributed by atoms with Gasteiger partial charge in [0.1, 0.15) is 5.82 Å². The highest BCUT2D eigenvalue weighted by Gasteiger charge is 2.09. The predicted octanol–water partition coefficient (Wildman–Crippen LogP) is 3.14. The van der Waals surface area contributed by atoms with Gasteiger partial charge in [0.15, 0.2) is 0 Å². The molecule has 4 nitrogen and oxygen atoms in total. The fraction of sp³-hybridized carbons (Fsp3) is 0.308. The molecule has 1 heterocycles. The van der Waals surface area contributed by atoms with Crippen molar-refractivity contribution in [3.8, 4) is 5.69 Å². The third-order valence-electron chi connectivity index (χ3n) is 2.60. The maximum Gasteiger partial charge on any atom is 0.207 e. The second kappa shape index (κ2) is 6.16. The SMILES string of the molecule is COCCNc1nc(C)cn1-c1ccc(Br)c(F)c1. The highest BCUT2D eigenvalue weighted by molar-refractivity contribution is 9.10. The Morgan fingerprint density at radius 2 is 2.26 bits per heavy atom. The second-order valence-electron chi connectivity index (χ2n) is 4.09. The minimum absolute atomic E-state index is 0.299. The van der Waals surface area contributed by atoms with Crippen molar-refractivity contribution in [1.82, 2.24) is 9.55 Å². The van der Waals surface area contributed by atoms with Crippen LogP contribution in [0.3, 0.4) is 0 Å². The average Bonchev–Trinajstić information content (AvgIpc) is 2.74. The molecule has 0 amide bonds. The van der Waals surface area contributed by atoms with Gasteiger partial charge in [-0.1, -0.05) is 0 Å². The van der Waals surface area contributed by atoms with Crippen molar-refractivity contribution in [2.45, 2.75) is 6.92 Å². The highest BCUT2D eigenvalue weighted by atomic mass is 79.9. The van der Waals surface area contributed by atoms with Crippen LogP contribution >= 0.6 is 15.9 Å². The molecule has 0 radical (unpaired) electrons. The van der Waals surface area contributed by atoms with Crippen LogP contribution < -0.4 is 5.32 Å². The van der Waals surface area contributed by atoms with Crippen LogP contribution in [0.1, 0.15) is 5.69 Å². The largest absolute Gasteiger partial charge is 0.383 e. The number of aromatic nitrogens is 2. The van der Waals surface area contributed by atoms with Crippen LogP contribution in [0.5, 0.6) is 0 Å². The Bertz CT molecular complexity index is 571. The van der Waals surface area contributed by atoms with Gasteiger partial charge in [0.2, 0.25) is 5.95 Å². The van der Waals surface area contributed by atoms with Crippen molar-refractivity contribution in [3.05, 3.63) is 40.4 Å². The van der Waals surface area contributed by atoms with Gasteiger partial charge < -0.3 is 10.1 Å². The summed E-state index contributed by atoms with van der Waals surface area (Å²) in [5, 5.41) is 3.16. The quantitative estimate of drug-likeness (QED) is 0.857. The first-order chi connectivity index (χ1) is 9.11. The molecule has 19 heavy (non-hydrogen) atoms. The molecular formula is C13H15BrFN3O. The molecule has 0 aliphatic rings. The molecule has 0 bridgehead atoms. The molecule has 6 heteroatoms. The number of imidazole rings is 1. The van der Waals surface area contributed by atoms with Gasteiger partial charge in [0, 0.05) is 19.9 Å². The standard InChI is InChI=1S/C13H15BrFN3O/c1-9-8-18(13(17-9)16-5-6-19-2)10-3-4-11(14)12(15)7-10/h3-4,7-8H,5-6H2,1-2H3,(H,16,17). The molecule has 2 rings (SSSR count). The Hall–Kier alpha value is -1.40. The van der Waals surface area contributed by atoms with E-state index in [0.717, 1.165) is 11.4 Å². The Balaban J connectivity index is 2.29. The zero-order chi connectivity index (χ0) is 13.8. The van der Waals surface area contributed by atoms with Crippen LogP contribution in [0.25, 0.3) is 5.69 Å². The van der Waals surface area contributed by atoms with E-state index >= 15 is 0 Å². The van der Waals surface area contributed by atoms with Crippen molar-refractivity contribution < 1.29 is 9.13 Å². The number of halogens is 2. The molecule has 102 valence electrons. The molecule has 0 saturated carbocycles. The Labute approximate surface area is 119 Å². The zero-order valence-corrected chi connectivity index (χ0v) is 12.4. The predicted molar refractivity (Wildman–Crippen MR) is 76.3 cm³/mol. The minimum atomic E-state index is -0.299. The number of rotatable bonds is 5. The molecule has 1 N–H and O–H groups in total. The molecule has 2 aromatic rings. The van der Waals surface area contributed by atoms with E-state index in [9.17, 15) is 4.39 Å². The van der Waals surface area contributed by atoms with Crippen molar-refractivity contribution in [3.63, 3.8) is 0 Å². The van der Waals surface area contributed by atoms with Crippen LogP contribution in [0, 0.1) is 12.7 Å². The number of hydrogen-bond acceptors (Lipinski definition) is 3. The van der Waals surface area contributed by atoms with E-state index in [0.29, 0.717) is 23.6 Å². The highest BCUT2D eigenvalue weighted by Crippen LogP contribution is 2.22. The van der Waals surface area contributed by atoms with Crippen molar-refractivity contribution in [1.29, 1.82) is 0 Å². The van der Waals surface area contributed by atoms with Gasteiger partial charge in [-0.15, -0.1) is 0 Å². The van der Waals surface area contributed by atoms with Gasteiger partial charge in [-0.25, -0.2) is 9.37 Å². The second-order valence-corrected chi connectivity index (χ2v) is 4.95. The summed E-state index contributed by atoms with van der Waals surface area (Å²) in [5.41, 5.74) is 1.59. The lowest BCUT2D eigenvalue weighted by molar-refractivity contribution is 0.210. The fourth-order valence-electron chi connectivity index (χ4n) is 1.72. The summed E-state index contributed by atoms with van der Waals surface area (Å²) in [7, 11) is 1.64. The summed E-state index contributed by atoms with van der Waals surface area (Å²) in [6.45, 7) is 3.12. The average molecular weight is 328 g/mol. The van der Waals surface area contributed by atoms with Gasteiger partial charge in [-0.05, 0) is 41.1 Å². The van der Waals surface area contributed by atoms with E-state index in [1.165, 1.54) is 6.07 Å². The topological polar surface area (TPSA) is 39.1 Å². The summed E-state index contributed by atoms with van der Waals surface area (Å²) >= 11 is 3.14. The van der Waals surface area contributed by atoms with Gasteiger partial charge in [0.05, 0.1) is 22.5 Å². The first kappa shape index (κ1) is 14.0. The van der Waals surface area contributed by atoms with Crippen LogP contribution in [-0.2, 0) is 4.74 Å². The lowest BCUT2D eigenvalue weighted by atomic mass is 10.3. The normalized spacial score (nSPS) is 10.7. The summed E-state index contributed by atoms with van der Waals surface area (Å²) in [5.74, 6) is 0.378. The lowest BCUT2D eigenvalue weighted by Crippen LogP contribution is -2.11. The zero-order valence-electron chi connectivity index (χ0n) is 10.8. The summed E-state index contributed by atoms with van der Waals surface area (Å²) < 4.78 is 20.8. The minimum Gasteiger partial charge on any atom is -0.383 e. The smallest absolute Gasteiger partial charge is 0.207 e. The molecule has 1 aromatic carbocycles. The summed E-state index contributed by atoms with van der Waals surface area (Å²) in [6, 6.07) is 4.97. The van der Waals surface area contributed by atoms with Gasteiger partial charge in [-0.2, -0.15) is 0 Å². The van der Waals surface area contributed by atoms with E-state index in [1.54, 1.807) is 13.2 Å². The third-order valence-corrected chi connectivity index (χ3v) is 3.24. The number of ether oxygens (including phenoxy) is 1. The molecule has 0 unspecified atom stereocenters. The number of aryl methyl sites for hydroxylation is 1. The number of nitrogens with one attached hydrogen (secondary N) is 1. The van der Waals surface area contributed by atoms with E-state index in [2.05, 4.69) is 26.2 Å². The Kier molecular flexibility index (Phi) is 4.55. The Morgan fingerprint density at radius 3 is 2.95 bits per heavy atom. The van der Waals surface area contributed by atoms with Gasteiger partial charge in [-0.3, -0.25) is 4.57 Å². The first-order valence-corrected chi connectivity index (χ1v) is 6.65. The maximum absolute atomic E-state index is 13.6. The van der Waals surface area contributed by atoms with Gasteiger partial charge in [0.25, 0.3) is 0 Å². The van der Waals surface area contributed by atoms with Crippen LogP contribution in [-0.4, -0.2) is 29.8 Å².